The molecule has 0 unspecified atom stereocenters. The van der Waals surface area contributed by atoms with E-state index < -0.39 is 34.4 Å². The molecule has 3 aromatic rings. The Morgan fingerprint density at radius 1 is 0.976 bits per heavy atom. The SMILES string of the molecule is Cl.NC(N)=Nc1ccc(C(=O)Oc2ccc(CCC(=O)N(CC(=O)O)Cc3cccc(CS(N)(=O)=O)c3)c(Cl)c2)cc1. The standard InChI is InChI=1S/C27H28ClN5O7S.ClH/c28-23-13-22(40-26(37)20-4-8-21(9-5-20)32-27(29)30)10-6-19(23)7-11-24(34)33(15-25(35)36)14-17-2-1-3-18(12-17)16-41(31,38)39;/h1-6,8-10,12-13H,7,11,14-16H2,(H,35,36)(H4,29,30,32)(H2,31,38,39);1H. The highest BCUT2D eigenvalue weighted by molar-refractivity contribution is 7.88. The number of nitrogens with two attached hydrogens (primary N) is 3. The van der Waals surface area contributed by atoms with E-state index in [0.717, 1.165) is 4.90 Å². The van der Waals surface area contributed by atoms with Gasteiger partial charge in [-0.15, -0.1) is 12.4 Å². The maximum Gasteiger partial charge on any atom is 0.343 e. The molecule has 0 aliphatic heterocycles. The van der Waals surface area contributed by atoms with Crippen LogP contribution < -0.4 is 21.3 Å². The summed E-state index contributed by atoms with van der Waals surface area (Å²) in [5.74, 6) is -2.58. The van der Waals surface area contributed by atoms with Crippen LogP contribution in [0.3, 0.4) is 0 Å². The first-order valence-electron chi connectivity index (χ1n) is 12.1. The average molecular weight is 639 g/mol. The van der Waals surface area contributed by atoms with Crippen LogP contribution in [0, 0.1) is 0 Å². The van der Waals surface area contributed by atoms with Gasteiger partial charge in [0, 0.05) is 18.0 Å². The number of nitrogens with zero attached hydrogens (tertiary/aromatic N) is 2. The van der Waals surface area contributed by atoms with Crippen LogP contribution >= 0.6 is 24.0 Å². The number of benzene rings is 3. The Morgan fingerprint density at radius 3 is 2.24 bits per heavy atom. The minimum atomic E-state index is -3.76. The molecule has 0 aromatic heterocycles. The zero-order valence-corrected chi connectivity index (χ0v) is 24.5. The Morgan fingerprint density at radius 2 is 1.64 bits per heavy atom. The molecule has 12 nitrogen and oxygen atoms in total. The van der Waals surface area contributed by atoms with Gasteiger partial charge in [0.05, 0.1) is 17.0 Å². The second-order valence-corrected chi connectivity index (χ2v) is 11.0. The van der Waals surface area contributed by atoms with E-state index in [1.54, 1.807) is 42.5 Å². The molecule has 0 saturated carbocycles. The number of aryl methyl sites for hydroxylation is 1. The van der Waals surface area contributed by atoms with Crippen LogP contribution in [0.2, 0.25) is 5.02 Å². The number of esters is 1. The minimum Gasteiger partial charge on any atom is -0.480 e. The third-order valence-electron chi connectivity index (χ3n) is 5.62. The first-order valence-corrected chi connectivity index (χ1v) is 14.2. The van der Waals surface area contributed by atoms with Gasteiger partial charge >= 0.3 is 11.9 Å². The summed E-state index contributed by atoms with van der Waals surface area (Å²) >= 11 is 6.37. The summed E-state index contributed by atoms with van der Waals surface area (Å²) < 4.78 is 28.2. The number of guanidine groups is 1. The topological polar surface area (TPSA) is 208 Å². The lowest BCUT2D eigenvalue weighted by molar-refractivity contribution is -0.144. The largest absolute Gasteiger partial charge is 0.480 e. The molecule has 0 saturated heterocycles. The molecule has 3 rings (SSSR count). The second kappa shape index (κ2) is 15.2. The van der Waals surface area contributed by atoms with Gasteiger partial charge in [0.2, 0.25) is 15.9 Å². The lowest BCUT2D eigenvalue weighted by atomic mass is 10.1. The number of amides is 1. The number of rotatable bonds is 12. The zero-order chi connectivity index (χ0) is 30.2. The van der Waals surface area contributed by atoms with E-state index in [1.807, 2.05) is 0 Å². The number of primary sulfonamides is 1. The van der Waals surface area contributed by atoms with Crippen LogP contribution in [-0.4, -0.2) is 48.8 Å². The summed E-state index contributed by atoms with van der Waals surface area (Å²) in [5, 5.41) is 14.7. The maximum absolute atomic E-state index is 12.9. The van der Waals surface area contributed by atoms with Gasteiger partial charge in [-0.3, -0.25) is 9.59 Å². The van der Waals surface area contributed by atoms with Crippen molar-refractivity contribution < 1.29 is 32.6 Å². The molecular formula is C27H29Cl2N5O7S. The van der Waals surface area contributed by atoms with Crippen molar-refractivity contribution in [3.8, 4) is 5.75 Å². The average Bonchev–Trinajstić information content (AvgIpc) is 2.86. The van der Waals surface area contributed by atoms with E-state index in [-0.39, 0.29) is 59.8 Å². The summed E-state index contributed by atoms with van der Waals surface area (Å²) in [6, 6.07) is 17.1. The van der Waals surface area contributed by atoms with Gasteiger partial charge in [-0.25, -0.2) is 23.3 Å². The number of ether oxygens (including phenoxy) is 1. The van der Waals surface area contributed by atoms with Crippen LogP contribution in [0.1, 0.15) is 33.5 Å². The van der Waals surface area contributed by atoms with E-state index in [0.29, 0.717) is 22.4 Å². The van der Waals surface area contributed by atoms with Crippen molar-refractivity contribution in [3.63, 3.8) is 0 Å². The van der Waals surface area contributed by atoms with Gasteiger partial charge in [-0.05, 0) is 59.5 Å². The van der Waals surface area contributed by atoms with E-state index in [9.17, 15) is 27.9 Å². The molecule has 15 heteroatoms. The number of carboxylic acids is 1. The molecule has 0 bridgehead atoms. The summed E-state index contributed by atoms with van der Waals surface area (Å²) in [7, 11) is -3.76. The van der Waals surface area contributed by atoms with Crippen LogP contribution in [-0.2, 0) is 38.3 Å². The molecule has 0 aliphatic rings. The van der Waals surface area contributed by atoms with Crippen LogP contribution in [0.15, 0.2) is 71.7 Å². The highest BCUT2D eigenvalue weighted by atomic mass is 35.5. The fourth-order valence-corrected chi connectivity index (χ4v) is 4.76. The number of carboxylic acid groups (broad SMARTS) is 1. The van der Waals surface area contributed by atoms with E-state index in [2.05, 4.69) is 4.99 Å². The predicted molar refractivity (Wildman–Crippen MR) is 160 cm³/mol. The van der Waals surface area contributed by atoms with Gasteiger partial charge in [0.15, 0.2) is 5.96 Å². The molecule has 1 amide bonds. The molecule has 0 spiro atoms. The van der Waals surface area contributed by atoms with Crippen molar-refractivity contribution in [2.24, 2.45) is 21.6 Å². The van der Waals surface area contributed by atoms with Gasteiger partial charge in [0.25, 0.3) is 0 Å². The molecule has 42 heavy (non-hydrogen) atoms. The number of carbonyl (C=O) groups excluding carboxylic acids is 2. The van der Waals surface area contributed by atoms with Gasteiger partial charge in [-0.1, -0.05) is 41.9 Å². The summed E-state index contributed by atoms with van der Waals surface area (Å²) in [6.07, 6.45) is 0.144. The Labute approximate surface area is 253 Å². The van der Waals surface area contributed by atoms with Crippen molar-refractivity contribution in [1.29, 1.82) is 0 Å². The molecule has 224 valence electrons. The first kappa shape index (κ1) is 34.0. The van der Waals surface area contributed by atoms with Crippen molar-refractivity contribution in [2.75, 3.05) is 6.54 Å². The molecule has 7 N–H and O–H groups in total. The molecule has 0 heterocycles. The van der Waals surface area contributed by atoms with Crippen molar-refractivity contribution in [2.45, 2.75) is 25.1 Å². The lowest BCUT2D eigenvalue weighted by Crippen LogP contribution is -2.35. The number of hydrogen-bond acceptors (Lipinski definition) is 7. The lowest BCUT2D eigenvalue weighted by Gasteiger charge is -2.21. The van der Waals surface area contributed by atoms with Crippen LogP contribution in [0.5, 0.6) is 5.75 Å². The smallest absolute Gasteiger partial charge is 0.343 e. The summed E-state index contributed by atoms with van der Waals surface area (Å²) in [4.78, 5) is 41.9. The van der Waals surface area contributed by atoms with Gasteiger partial charge in [0.1, 0.15) is 12.3 Å². The molecule has 0 fully saturated rings. The van der Waals surface area contributed by atoms with E-state index >= 15 is 0 Å². The zero-order valence-electron chi connectivity index (χ0n) is 22.1. The van der Waals surface area contributed by atoms with Crippen LogP contribution in [0.25, 0.3) is 0 Å². The number of carbonyl (C=O) groups is 3. The Kier molecular flexibility index (Phi) is 12.3. The van der Waals surface area contributed by atoms with E-state index in [1.165, 1.54) is 24.3 Å². The fourth-order valence-electron chi connectivity index (χ4n) is 3.85. The number of aliphatic carboxylic acids is 1. The molecule has 0 radical (unpaired) electrons. The molecule has 0 atom stereocenters. The fraction of sp³-hybridized carbons (Fsp3) is 0.185. The van der Waals surface area contributed by atoms with Crippen LogP contribution in [0.4, 0.5) is 5.69 Å². The quantitative estimate of drug-likeness (QED) is 0.0994. The number of halogens is 2. The number of sulfonamides is 1. The summed E-state index contributed by atoms with van der Waals surface area (Å²) in [5.41, 5.74) is 13.0. The number of aliphatic imine (C=N–C) groups is 1. The number of hydrogen-bond donors (Lipinski definition) is 4. The molecule has 3 aromatic carbocycles. The van der Waals surface area contributed by atoms with Gasteiger partial charge < -0.3 is 26.2 Å². The molecular weight excluding hydrogens is 609 g/mol. The summed E-state index contributed by atoms with van der Waals surface area (Å²) in [6.45, 7) is -0.590. The third-order valence-corrected chi connectivity index (χ3v) is 6.70. The Bertz CT molecular complexity index is 1580. The monoisotopic (exact) mass is 637 g/mol. The highest BCUT2D eigenvalue weighted by Crippen LogP contribution is 2.25. The molecule has 0 aliphatic carbocycles. The predicted octanol–water partition coefficient (Wildman–Crippen LogP) is 2.72. The van der Waals surface area contributed by atoms with Crippen molar-refractivity contribution >= 4 is 63.5 Å². The Balaban J connectivity index is 0.00000616. The van der Waals surface area contributed by atoms with Crippen molar-refractivity contribution in [3.05, 3.63) is 94.0 Å². The van der Waals surface area contributed by atoms with Gasteiger partial charge in [-0.2, -0.15) is 0 Å². The Hall–Kier alpha value is -4.17. The first-order chi connectivity index (χ1) is 19.3. The van der Waals surface area contributed by atoms with Crippen molar-refractivity contribution in [1.82, 2.24) is 4.90 Å². The third kappa shape index (κ3) is 11.0. The van der Waals surface area contributed by atoms with E-state index in [4.69, 9.17) is 32.9 Å². The highest BCUT2D eigenvalue weighted by Gasteiger charge is 2.19. The maximum atomic E-state index is 12.9. The minimum absolute atomic E-state index is 0. The normalized spacial score (nSPS) is 10.7. The second-order valence-electron chi connectivity index (χ2n) is 9.00.